The number of hydrogen-bond acceptors (Lipinski definition) is 6. The second-order valence-corrected chi connectivity index (χ2v) is 12.0. The summed E-state index contributed by atoms with van der Waals surface area (Å²) in [5, 5.41) is 9.90. The molecule has 182 valence electrons. The van der Waals surface area contributed by atoms with Crippen molar-refractivity contribution in [2.45, 2.75) is 41.5 Å². The number of benzene rings is 2. The first kappa shape index (κ1) is 25.8. The van der Waals surface area contributed by atoms with E-state index >= 15 is 0 Å². The summed E-state index contributed by atoms with van der Waals surface area (Å²) in [5.74, 6) is 0. The number of rotatable bonds is 6. The van der Waals surface area contributed by atoms with Crippen LogP contribution in [0.3, 0.4) is 0 Å². The van der Waals surface area contributed by atoms with Crippen LogP contribution in [0.5, 0.6) is 0 Å². The number of aliphatic hydroxyl groups is 1. The van der Waals surface area contributed by atoms with Gasteiger partial charge in [-0.25, -0.2) is 8.42 Å². The molecule has 1 fully saturated rings. The molecule has 1 unspecified atom stereocenters. The van der Waals surface area contributed by atoms with Gasteiger partial charge in [0, 0.05) is 25.0 Å². The van der Waals surface area contributed by atoms with Crippen molar-refractivity contribution in [3.63, 3.8) is 0 Å². The largest absolute Gasteiger partial charge is 0.421 e. The molecule has 1 heterocycles. The van der Waals surface area contributed by atoms with Crippen molar-refractivity contribution in [2.75, 3.05) is 37.9 Å². The molecule has 0 saturated carbocycles. The summed E-state index contributed by atoms with van der Waals surface area (Å²) >= 11 is -0.790. The number of anilines is 1. The molecule has 11 heteroatoms. The van der Waals surface area contributed by atoms with Crippen LogP contribution in [0.1, 0.15) is 19.4 Å². The van der Waals surface area contributed by atoms with Crippen molar-refractivity contribution in [2.24, 2.45) is 0 Å². The Balaban J connectivity index is 1.73. The van der Waals surface area contributed by atoms with Crippen LogP contribution in [0.15, 0.2) is 58.3 Å². The van der Waals surface area contributed by atoms with Gasteiger partial charge in [-0.05, 0) is 55.8 Å². The molecule has 1 aliphatic heterocycles. The molecule has 6 nitrogen and oxygen atoms in total. The second-order valence-electron chi connectivity index (χ2n) is 8.21. The van der Waals surface area contributed by atoms with Gasteiger partial charge in [0.25, 0.3) is 11.4 Å². The van der Waals surface area contributed by atoms with Gasteiger partial charge >= 0.3 is 6.18 Å². The first-order valence-electron chi connectivity index (χ1n) is 10.3. The summed E-state index contributed by atoms with van der Waals surface area (Å²) in [5.41, 5.74) is -2.23. The van der Waals surface area contributed by atoms with Gasteiger partial charge in [0.2, 0.25) is 4.90 Å². The molecular formula is C22H28F3N2O4S2+. The third kappa shape index (κ3) is 5.48. The summed E-state index contributed by atoms with van der Waals surface area (Å²) in [6, 6.07) is 12.5. The van der Waals surface area contributed by atoms with Crippen LogP contribution in [-0.2, 0) is 31.0 Å². The standard InChI is InChI=1S/C22H28F3N2O4S2/c1-16-15-26(18-7-11-20(12-8-18)33(4,29)30)13-14-27(16)32(31-3)19-9-5-17(6-10-19)21(2,28)22(23,24)25/h5-12,16,28H,13-15H2,1-4H3/q+1/t16-,21+,32?/m1/s1. The lowest BCUT2D eigenvalue weighted by molar-refractivity contribution is -0.258. The molecule has 0 aliphatic carbocycles. The summed E-state index contributed by atoms with van der Waals surface area (Å²) < 4.78 is 70.6. The van der Waals surface area contributed by atoms with Gasteiger partial charge in [0.05, 0.1) is 24.6 Å². The van der Waals surface area contributed by atoms with E-state index in [0.29, 0.717) is 19.6 Å². The lowest BCUT2D eigenvalue weighted by atomic mass is 9.96. The van der Waals surface area contributed by atoms with Crippen LogP contribution >= 0.6 is 0 Å². The predicted molar refractivity (Wildman–Crippen MR) is 123 cm³/mol. The van der Waals surface area contributed by atoms with E-state index in [0.717, 1.165) is 17.5 Å². The molecule has 0 aromatic heterocycles. The number of sulfone groups is 1. The molecule has 2 aromatic rings. The van der Waals surface area contributed by atoms with E-state index in [4.69, 9.17) is 4.18 Å². The lowest BCUT2D eigenvalue weighted by Gasteiger charge is -2.37. The highest BCUT2D eigenvalue weighted by molar-refractivity contribution is 7.90. The van der Waals surface area contributed by atoms with E-state index in [2.05, 4.69) is 9.21 Å². The third-order valence-electron chi connectivity index (χ3n) is 5.74. The SMILES string of the molecule is CO[S+](c1ccc([C@](C)(O)C(F)(F)F)cc1)N1CCN(c2ccc(S(C)(=O)=O)cc2)C[C@H]1C. The van der Waals surface area contributed by atoms with Gasteiger partial charge in [0.1, 0.15) is 0 Å². The molecule has 2 aromatic carbocycles. The number of nitrogens with zero attached hydrogens (tertiary/aromatic N) is 2. The maximum Gasteiger partial charge on any atom is 0.421 e. The van der Waals surface area contributed by atoms with Gasteiger partial charge in [-0.15, -0.1) is 0 Å². The van der Waals surface area contributed by atoms with E-state index in [1.165, 1.54) is 18.4 Å². The number of alkyl halides is 3. The summed E-state index contributed by atoms with van der Waals surface area (Å²) in [4.78, 5) is 3.15. The maximum absolute atomic E-state index is 13.1. The Labute approximate surface area is 195 Å². The summed E-state index contributed by atoms with van der Waals surface area (Å²) in [6.07, 6.45) is -3.60. The van der Waals surface area contributed by atoms with Crippen molar-refractivity contribution in [1.29, 1.82) is 0 Å². The number of piperazine rings is 1. The average Bonchev–Trinajstić information content (AvgIpc) is 2.74. The van der Waals surface area contributed by atoms with Crippen LogP contribution in [-0.4, -0.2) is 63.0 Å². The van der Waals surface area contributed by atoms with E-state index in [1.807, 2.05) is 6.92 Å². The van der Waals surface area contributed by atoms with Crippen molar-refractivity contribution in [3.8, 4) is 0 Å². The van der Waals surface area contributed by atoms with Gasteiger partial charge in [-0.3, -0.25) is 0 Å². The topological polar surface area (TPSA) is 70.1 Å². The smallest absolute Gasteiger partial charge is 0.376 e. The van der Waals surface area contributed by atoms with Crippen molar-refractivity contribution in [1.82, 2.24) is 4.31 Å². The molecule has 0 bridgehead atoms. The Bertz CT molecular complexity index is 1060. The van der Waals surface area contributed by atoms with E-state index in [-0.39, 0.29) is 16.5 Å². The number of halogens is 3. The van der Waals surface area contributed by atoms with E-state index < -0.39 is 33.0 Å². The van der Waals surface area contributed by atoms with Crippen molar-refractivity contribution in [3.05, 3.63) is 54.1 Å². The zero-order valence-corrected chi connectivity index (χ0v) is 20.5. The minimum absolute atomic E-state index is 0.0644. The maximum atomic E-state index is 13.1. The molecule has 1 aliphatic rings. The second kappa shape index (κ2) is 9.46. The highest BCUT2D eigenvalue weighted by Gasteiger charge is 2.51. The van der Waals surface area contributed by atoms with Gasteiger partial charge in [-0.2, -0.15) is 17.4 Å². The molecule has 0 radical (unpaired) electrons. The quantitative estimate of drug-likeness (QED) is 0.606. The molecule has 1 saturated heterocycles. The molecule has 3 atom stereocenters. The lowest BCUT2D eigenvalue weighted by Crippen LogP contribution is -2.54. The fourth-order valence-corrected chi connectivity index (χ4v) is 6.01. The Morgan fingerprint density at radius 2 is 1.64 bits per heavy atom. The summed E-state index contributed by atoms with van der Waals surface area (Å²) in [7, 11) is -1.69. The van der Waals surface area contributed by atoms with Crippen molar-refractivity contribution < 1.29 is 30.9 Å². The zero-order valence-electron chi connectivity index (χ0n) is 18.8. The highest BCUT2D eigenvalue weighted by atomic mass is 32.2. The van der Waals surface area contributed by atoms with E-state index in [9.17, 15) is 26.7 Å². The molecule has 0 spiro atoms. The van der Waals surface area contributed by atoms with Crippen LogP contribution in [0.4, 0.5) is 18.9 Å². The Morgan fingerprint density at radius 3 is 2.09 bits per heavy atom. The third-order valence-corrected chi connectivity index (χ3v) is 8.83. The molecule has 0 amide bonds. The average molecular weight is 506 g/mol. The van der Waals surface area contributed by atoms with Gasteiger partial charge < -0.3 is 10.0 Å². The highest BCUT2D eigenvalue weighted by Crippen LogP contribution is 2.39. The van der Waals surface area contributed by atoms with Crippen LogP contribution < -0.4 is 4.90 Å². The Morgan fingerprint density at radius 1 is 1.06 bits per heavy atom. The van der Waals surface area contributed by atoms with Gasteiger partial charge in [0.15, 0.2) is 15.4 Å². The minimum Gasteiger partial charge on any atom is -0.376 e. The fourth-order valence-electron chi connectivity index (χ4n) is 3.71. The molecule has 3 rings (SSSR count). The predicted octanol–water partition coefficient (Wildman–Crippen LogP) is 3.52. The van der Waals surface area contributed by atoms with Crippen LogP contribution in [0.25, 0.3) is 0 Å². The summed E-state index contributed by atoms with van der Waals surface area (Å²) in [6.45, 7) is 4.77. The monoisotopic (exact) mass is 505 g/mol. The van der Waals surface area contributed by atoms with Crippen LogP contribution in [0, 0.1) is 0 Å². The van der Waals surface area contributed by atoms with Crippen LogP contribution in [0.2, 0.25) is 0 Å². The first-order chi connectivity index (χ1) is 15.3. The molecular weight excluding hydrogens is 477 g/mol. The zero-order chi connectivity index (χ0) is 24.6. The Hall–Kier alpha value is -1.79. The normalized spacial score (nSPS) is 21.0. The molecule has 33 heavy (non-hydrogen) atoms. The molecule has 1 N–H and O–H groups in total. The van der Waals surface area contributed by atoms with Crippen molar-refractivity contribution >= 4 is 26.9 Å². The fraction of sp³-hybridized carbons (Fsp3) is 0.455. The minimum atomic E-state index is -4.78. The van der Waals surface area contributed by atoms with E-state index in [1.54, 1.807) is 43.5 Å². The first-order valence-corrected chi connectivity index (χ1v) is 13.3. The Kier molecular flexibility index (Phi) is 7.40. The number of hydrogen-bond donors (Lipinski definition) is 1. The van der Waals surface area contributed by atoms with Gasteiger partial charge in [-0.1, -0.05) is 16.4 Å².